The zero-order chi connectivity index (χ0) is 85.1. The highest BCUT2D eigenvalue weighted by molar-refractivity contribution is 5.86. The number of aliphatic hydroxyl groups is 4. The lowest BCUT2D eigenvalue weighted by Gasteiger charge is -2.57. The van der Waals surface area contributed by atoms with E-state index in [1.807, 2.05) is 6.92 Å². The Morgan fingerprint density at radius 3 is 0.943 bits per heavy atom. The van der Waals surface area contributed by atoms with Gasteiger partial charge in [-0.05, 0) is 398 Å². The molecular weight excluding hydrogens is 1530 g/mol. The monoisotopic (exact) mass is 1700 g/mol. The second-order valence-corrected chi connectivity index (χ2v) is 47.5. The van der Waals surface area contributed by atoms with Gasteiger partial charge in [-0.2, -0.15) is 0 Å². The van der Waals surface area contributed by atoms with E-state index in [-0.39, 0.29) is 50.9 Å². The van der Waals surface area contributed by atoms with Gasteiger partial charge in [0, 0.05) is 89.2 Å². The highest BCUT2D eigenvalue weighted by atomic mass is 19.1. The molecule has 20 aliphatic rings. The molecule has 4 heterocycles. The fourth-order valence-corrected chi connectivity index (χ4v) is 35.5. The summed E-state index contributed by atoms with van der Waals surface area (Å²) in [7, 11) is 0. The molecule has 4 saturated heterocycles. The number of carbonyl (C=O) groups is 4. The number of ketones is 4. The molecule has 0 aromatic rings. The first-order chi connectivity index (χ1) is 58.7. The van der Waals surface area contributed by atoms with Crippen molar-refractivity contribution in [3.63, 3.8) is 0 Å². The molecule has 4 aliphatic heterocycles. The molecule has 0 aromatic carbocycles. The summed E-state index contributed by atoms with van der Waals surface area (Å²) in [6, 6.07) is 0. The van der Waals surface area contributed by atoms with Crippen LogP contribution in [0.5, 0.6) is 0 Å². The summed E-state index contributed by atoms with van der Waals surface area (Å²) in [4.78, 5) is 62.8. The van der Waals surface area contributed by atoms with Crippen LogP contribution in [0.1, 0.15) is 292 Å². The van der Waals surface area contributed by atoms with Crippen LogP contribution < -0.4 is 0 Å². The van der Waals surface area contributed by atoms with Gasteiger partial charge in [-0.3, -0.25) is 38.8 Å². The summed E-state index contributed by atoms with van der Waals surface area (Å²) in [5, 5.41) is 43.1. The van der Waals surface area contributed by atoms with E-state index in [1.54, 1.807) is 0 Å². The van der Waals surface area contributed by atoms with Crippen molar-refractivity contribution in [3.8, 4) is 0 Å². The number of alkyl halides is 1. The van der Waals surface area contributed by atoms with E-state index < -0.39 is 23.5 Å². The molecule has 32 atom stereocenters. The van der Waals surface area contributed by atoms with Gasteiger partial charge in [0.2, 0.25) is 0 Å². The highest BCUT2D eigenvalue weighted by Crippen LogP contribution is 2.70. The molecule has 0 aromatic heterocycles. The van der Waals surface area contributed by atoms with Gasteiger partial charge >= 0.3 is 0 Å². The summed E-state index contributed by atoms with van der Waals surface area (Å²) < 4.78 is 41.0. The summed E-state index contributed by atoms with van der Waals surface area (Å²) >= 11 is 0. The molecule has 17 nitrogen and oxygen atoms in total. The number of ether oxygens (including phenoxy) is 5. The normalized spacial score (nSPS) is 48.7. The number of halogens is 1. The first kappa shape index (κ1) is 92.0. The van der Waals surface area contributed by atoms with E-state index in [4.69, 9.17) is 23.7 Å². The van der Waals surface area contributed by atoms with Gasteiger partial charge in [0.1, 0.15) is 29.8 Å². The third kappa shape index (κ3) is 18.7. The van der Waals surface area contributed by atoms with Gasteiger partial charge in [-0.15, -0.1) is 0 Å². The van der Waals surface area contributed by atoms with Crippen molar-refractivity contribution in [1.82, 2.24) is 19.6 Å². The molecule has 16 saturated carbocycles. The Morgan fingerprint density at radius 2 is 0.607 bits per heavy atom. The van der Waals surface area contributed by atoms with Gasteiger partial charge in [0.15, 0.2) is 0 Å². The Morgan fingerprint density at radius 1 is 0.320 bits per heavy atom. The van der Waals surface area contributed by atoms with Crippen LogP contribution in [0.4, 0.5) is 4.39 Å². The smallest absolute Gasteiger partial charge is 0.150 e. The van der Waals surface area contributed by atoms with Crippen molar-refractivity contribution < 1.29 is 67.7 Å². The number of nitrogens with zero attached hydrogens (tertiary/aromatic N) is 4. The van der Waals surface area contributed by atoms with Gasteiger partial charge in [-0.25, -0.2) is 4.39 Å². The van der Waals surface area contributed by atoms with E-state index in [0.717, 1.165) is 296 Å². The van der Waals surface area contributed by atoms with E-state index in [1.165, 1.54) is 135 Å². The molecule has 0 unspecified atom stereocenters. The lowest BCUT2D eigenvalue weighted by molar-refractivity contribution is -0.138. The molecular formula is C104H171FN4O13. The minimum Gasteiger partial charge on any atom is -0.390 e. The molecule has 20 fully saturated rings. The van der Waals surface area contributed by atoms with Gasteiger partial charge in [-0.1, -0.05) is 34.6 Å². The van der Waals surface area contributed by atoms with Crippen molar-refractivity contribution in [2.45, 2.75) is 315 Å². The van der Waals surface area contributed by atoms with Crippen molar-refractivity contribution in [2.24, 2.45) is 164 Å². The third-order valence-corrected chi connectivity index (χ3v) is 41.7. The van der Waals surface area contributed by atoms with Crippen molar-refractivity contribution >= 4 is 23.1 Å². The maximum atomic E-state index is 13.4. The summed E-state index contributed by atoms with van der Waals surface area (Å²) in [6.07, 6.45) is 43.5. The lowest BCUT2D eigenvalue weighted by Crippen LogP contribution is -2.52. The summed E-state index contributed by atoms with van der Waals surface area (Å²) in [5.41, 5.74) is -1.63. The number of carbonyl (C=O) groups excluding carboxylic acids is 4. The summed E-state index contributed by atoms with van der Waals surface area (Å²) in [5.74, 6) is 18.2. The third-order valence-electron chi connectivity index (χ3n) is 41.7. The van der Waals surface area contributed by atoms with Crippen molar-refractivity contribution in [3.05, 3.63) is 0 Å². The number of hydrogen-bond acceptors (Lipinski definition) is 17. The quantitative estimate of drug-likeness (QED) is 0.107. The molecule has 4 N–H and O–H groups in total. The second kappa shape index (κ2) is 38.4. The molecule has 16 aliphatic carbocycles. The molecule has 20 rings (SSSR count). The van der Waals surface area contributed by atoms with Crippen LogP contribution in [0.25, 0.3) is 0 Å². The fourth-order valence-electron chi connectivity index (χ4n) is 35.5. The van der Waals surface area contributed by atoms with Crippen LogP contribution in [-0.2, 0) is 42.9 Å². The van der Waals surface area contributed by atoms with Crippen LogP contribution in [0, 0.1) is 164 Å². The molecule has 0 bridgehead atoms. The minimum absolute atomic E-state index is 0.172. The lowest BCUT2D eigenvalue weighted by atomic mass is 9.48. The van der Waals surface area contributed by atoms with Crippen molar-refractivity contribution in [1.29, 1.82) is 0 Å². The zero-order valence-electron chi connectivity index (χ0n) is 77.6. The average Bonchev–Trinajstić information content (AvgIpc) is 1.50. The number of morpholine rings is 3. The first-order valence-electron chi connectivity index (χ1n) is 52.0. The summed E-state index contributed by atoms with van der Waals surface area (Å²) in [6.45, 7) is 32.8. The molecule has 0 amide bonds. The highest BCUT2D eigenvalue weighted by Gasteiger charge is 2.65. The Hall–Kier alpha value is -1.91. The van der Waals surface area contributed by atoms with Gasteiger partial charge < -0.3 is 44.1 Å². The Kier molecular flexibility index (Phi) is 28.9. The zero-order valence-corrected chi connectivity index (χ0v) is 77.6. The molecule has 692 valence electrons. The molecule has 122 heavy (non-hydrogen) atoms. The Labute approximate surface area is 736 Å². The Balaban J connectivity index is 0.000000116. The van der Waals surface area contributed by atoms with E-state index >= 15 is 0 Å². The number of rotatable bonds is 17. The van der Waals surface area contributed by atoms with Crippen molar-refractivity contribution in [2.75, 3.05) is 151 Å². The van der Waals surface area contributed by atoms with Crippen LogP contribution in [0.2, 0.25) is 0 Å². The largest absolute Gasteiger partial charge is 0.390 e. The minimum atomic E-state index is -1.05. The predicted octanol–water partition coefficient (Wildman–Crippen LogP) is 16.4. The topological polar surface area (TPSA) is 208 Å². The first-order valence-corrected chi connectivity index (χ1v) is 52.0. The van der Waals surface area contributed by atoms with Gasteiger partial charge in [0.05, 0.1) is 101 Å². The van der Waals surface area contributed by atoms with Crippen LogP contribution in [0.3, 0.4) is 0 Å². The average molecular weight is 1700 g/mol. The van der Waals surface area contributed by atoms with Crippen LogP contribution >= 0.6 is 0 Å². The maximum Gasteiger partial charge on any atom is 0.150 e. The fraction of sp³-hybridized carbons (Fsp3) is 0.962. The SMILES string of the molecule is CCOC[C@@]1(O)CC[C@H]2[C@@H](CC[C@@H]3[C@@H]2CC[C@]2(C)[C@@H](C(=O)CN4CCOCC4)CC[C@@H]32)C1.CC[C@@]1(O)CC[C@H]2[C@H](CC[C@@H]3[C@@H]2CC[C@]2(C)[C@@H](C(=O)CN4CCOCC4)CC[C@@H]32)C1.C[C@@]1(O)CC[C@H]2[C@H](CC[C@@H]3[C@@H]2CC[C@]2(C)[C@@H](C(=O)CN4CCCOCC4)CC[C@@H]32)C1.C[C@]12CC[C@H]3[C@@H](CC[C@@H]4C[C@@](O)(CF)CC[C@@H]43)[C@@H]1CC[C@@H]2C(=O)CN1CCOCC1. The number of fused-ring (bicyclic) bond motifs is 20. The Bertz CT molecular complexity index is 3400. The van der Waals surface area contributed by atoms with E-state index in [9.17, 15) is 44.0 Å². The molecule has 0 spiro atoms. The van der Waals surface area contributed by atoms with Gasteiger partial charge in [0.25, 0.3) is 0 Å². The standard InChI is InChI=1S/C27H45NO4.2C26H43NO3.C25H40FNO3/c1-3-31-18-27(30)11-9-20-19(16-27)4-5-22-21(20)8-10-26(2)23(22)6-7-24(26)25(29)17-28-12-14-32-15-13-28;1-25(29)10-8-19-18(16-25)4-5-21-20(19)9-11-26(2)22(21)6-7-23(26)24(28)17-27-12-3-14-30-15-13-27;1-3-26(29)11-9-19-18(16-26)4-5-21-20(19)8-10-25(2)22(21)6-7-23(25)24(28)17-27-12-14-30-15-13-27;1-24-8-6-19-18-7-9-25(29,16-26)14-17(18)2-3-20(19)21(24)4-5-22(24)23(28)15-27-10-12-30-13-11-27/h19-24,30H,3-18H2,1-2H3;2*18-23,29H,3-17H2,1-2H3;17-22,29H,2-16H2,1H3/t19-,20-,21+,22+,23-,24+,26-,27+;18-,19+,20-,21-,22+,23-,25-,26+;18-,19+,20-,21-,22+,23-,25+,26-;17-,18+,19-,20-,21+,22-,24+,25-/m0111/s1. The maximum absolute atomic E-state index is 13.4. The van der Waals surface area contributed by atoms with E-state index in [2.05, 4.69) is 61.1 Å². The number of hydrogen-bond donors (Lipinski definition) is 4. The van der Waals surface area contributed by atoms with Crippen LogP contribution in [-0.4, -0.2) is 237 Å². The second-order valence-electron chi connectivity index (χ2n) is 47.5. The number of Topliss-reactive ketones (excluding diaryl/α,β-unsaturated/α-hetero) is 4. The molecule has 18 heteroatoms. The van der Waals surface area contributed by atoms with Crippen LogP contribution in [0.15, 0.2) is 0 Å². The molecule has 0 radical (unpaired) electrons. The predicted molar refractivity (Wildman–Crippen MR) is 474 cm³/mol. The van der Waals surface area contributed by atoms with E-state index in [0.29, 0.717) is 99.0 Å².